The van der Waals surface area contributed by atoms with Crippen LogP contribution >= 0.6 is 0 Å². The highest BCUT2D eigenvalue weighted by atomic mass is 16.6. The summed E-state index contributed by atoms with van der Waals surface area (Å²) in [6.07, 6.45) is 1.99. The second-order valence-electron chi connectivity index (χ2n) is 4.55. The first-order chi connectivity index (χ1) is 8.09. The van der Waals surface area contributed by atoms with Gasteiger partial charge in [-0.1, -0.05) is 12.1 Å². The Bertz CT molecular complexity index is 434. The standard InChI is InChI=1S/C12H17N3O2/c1-9-4-2-6-11(12(9)15(16)17)14-7-3-5-10(13)8-14/h2,4,6,10H,3,5,7-8,13H2,1H3. The maximum absolute atomic E-state index is 11.1. The van der Waals surface area contributed by atoms with Crippen molar-refractivity contribution in [2.24, 2.45) is 5.73 Å². The van der Waals surface area contributed by atoms with Gasteiger partial charge in [-0.15, -0.1) is 0 Å². The molecule has 5 nitrogen and oxygen atoms in total. The number of para-hydroxylation sites is 1. The minimum atomic E-state index is -0.301. The molecule has 0 aromatic heterocycles. The third-order valence-corrected chi connectivity index (χ3v) is 3.20. The molecule has 5 heteroatoms. The zero-order valence-corrected chi connectivity index (χ0v) is 9.93. The van der Waals surface area contributed by atoms with Gasteiger partial charge in [-0.2, -0.15) is 0 Å². The molecular weight excluding hydrogens is 218 g/mol. The molecule has 92 valence electrons. The summed E-state index contributed by atoms with van der Waals surface area (Å²) in [6, 6.07) is 5.55. The molecule has 0 amide bonds. The number of hydrogen-bond acceptors (Lipinski definition) is 4. The summed E-state index contributed by atoms with van der Waals surface area (Å²) < 4.78 is 0. The molecule has 2 rings (SSSR count). The molecule has 1 aromatic rings. The minimum Gasteiger partial charge on any atom is -0.364 e. The molecule has 1 aliphatic heterocycles. The average Bonchev–Trinajstić information content (AvgIpc) is 2.28. The van der Waals surface area contributed by atoms with E-state index in [1.54, 1.807) is 13.0 Å². The summed E-state index contributed by atoms with van der Waals surface area (Å²) in [5, 5.41) is 11.1. The van der Waals surface area contributed by atoms with Gasteiger partial charge >= 0.3 is 0 Å². The van der Waals surface area contributed by atoms with Crippen molar-refractivity contribution in [3.05, 3.63) is 33.9 Å². The Hall–Kier alpha value is -1.62. The SMILES string of the molecule is Cc1cccc(N2CCCC(N)C2)c1[N+](=O)[O-]. The highest BCUT2D eigenvalue weighted by Gasteiger charge is 2.25. The normalized spacial score (nSPS) is 20.4. The van der Waals surface area contributed by atoms with Gasteiger partial charge in [0, 0.05) is 24.7 Å². The summed E-state index contributed by atoms with van der Waals surface area (Å²) >= 11 is 0. The molecule has 2 N–H and O–H groups in total. The molecule has 0 aliphatic carbocycles. The number of anilines is 1. The zero-order valence-electron chi connectivity index (χ0n) is 9.93. The van der Waals surface area contributed by atoms with Crippen LogP contribution in [0.3, 0.4) is 0 Å². The van der Waals surface area contributed by atoms with E-state index in [2.05, 4.69) is 0 Å². The third-order valence-electron chi connectivity index (χ3n) is 3.20. The molecule has 1 fully saturated rings. The van der Waals surface area contributed by atoms with Crippen molar-refractivity contribution >= 4 is 11.4 Å². The fourth-order valence-electron chi connectivity index (χ4n) is 2.36. The van der Waals surface area contributed by atoms with E-state index in [4.69, 9.17) is 5.73 Å². The van der Waals surface area contributed by atoms with Crippen LogP contribution in [0.15, 0.2) is 18.2 Å². The van der Waals surface area contributed by atoms with Crippen LogP contribution < -0.4 is 10.6 Å². The van der Waals surface area contributed by atoms with Gasteiger partial charge in [0.15, 0.2) is 0 Å². The first kappa shape index (κ1) is 11.9. The number of rotatable bonds is 2. The van der Waals surface area contributed by atoms with Crippen LogP contribution in [0, 0.1) is 17.0 Å². The van der Waals surface area contributed by atoms with Crippen molar-refractivity contribution < 1.29 is 4.92 Å². The van der Waals surface area contributed by atoms with Crippen molar-refractivity contribution in [3.8, 4) is 0 Å². The van der Waals surface area contributed by atoms with Crippen molar-refractivity contribution in [2.45, 2.75) is 25.8 Å². The fraction of sp³-hybridized carbons (Fsp3) is 0.500. The van der Waals surface area contributed by atoms with Crippen LogP contribution in [0.4, 0.5) is 11.4 Å². The third kappa shape index (κ3) is 2.39. The maximum atomic E-state index is 11.1. The molecule has 1 aromatic carbocycles. The highest BCUT2D eigenvalue weighted by Crippen LogP contribution is 2.32. The van der Waals surface area contributed by atoms with Gasteiger partial charge in [0.1, 0.15) is 5.69 Å². The molecule has 0 spiro atoms. The average molecular weight is 235 g/mol. The number of benzene rings is 1. The van der Waals surface area contributed by atoms with Crippen LogP contribution in [-0.2, 0) is 0 Å². The van der Waals surface area contributed by atoms with E-state index < -0.39 is 0 Å². The Morgan fingerprint density at radius 3 is 2.94 bits per heavy atom. The Morgan fingerprint density at radius 2 is 2.29 bits per heavy atom. The highest BCUT2D eigenvalue weighted by molar-refractivity contribution is 5.66. The van der Waals surface area contributed by atoms with Gasteiger partial charge in [0.05, 0.1) is 4.92 Å². The number of piperidine rings is 1. The molecule has 1 unspecified atom stereocenters. The van der Waals surface area contributed by atoms with Crippen LogP contribution in [-0.4, -0.2) is 24.1 Å². The Balaban J connectivity index is 2.37. The van der Waals surface area contributed by atoms with Gasteiger partial charge < -0.3 is 10.6 Å². The second-order valence-corrected chi connectivity index (χ2v) is 4.55. The van der Waals surface area contributed by atoms with E-state index in [1.807, 2.05) is 17.0 Å². The number of nitro benzene ring substituents is 1. The Labute approximate surface area is 100 Å². The number of nitrogens with two attached hydrogens (primary N) is 1. The molecule has 1 heterocycles. The van der Waals surface area contributed by atoms with Crippen LogP contribution in [0.2, 0.25) is 0 Å². The lowest BCUT2D eigenvalue weighted by atomic mass is 10.0. The molecular formula is C12H17N3O2. The molecule has 1 saturated heterocycles. The van der Waals surface area contributed by atoms with E-state index in [0.717, 1.165) is 19.4 Å². The molecule has 0 radical (unpaired) electrons. The summed E-state index contributed by atoms with van der Waals surface area (Å²) in [5.41, 5.74) is 7.52. The number of nitrogens with zero attached hydrogens (tertiary/aromatic N) is 2. The predicted octanol–water partition coefficient (Wildman–Crippen LogP) is 1.83. The quantitative estimate of drug-likeness (QED) is 0.627. The summed E-state index contributed by atoms with van der Waals surface area (Å²) in [6.45, 7) is 3.31. The van der Waals surface area contributed by atoms with Gasteiger partial charge in [0.25, 0.3) is 5.69 Å². The topological polar surface area (TPSA) is 72.4 Å². The molecule has 1 aliphatic rings. The summed E-state index contributed by atoms with van der Waals surface area (Å²) in [5.74, 6) is 0. The van der Waals surface area contributed by atoms with Gasteiger partial charge in [0.2, 0.25) is 0 Å². The van der Waals surface area contributed by atoms with E-state index >= 15 is 0 Å². The Kier molecular flexibility index (Phi) is 3.28. The zero-order chi connectivity index (χ0) is 12.4. The largest absolute Gasteiger partial charge is 0.364 e. The lowest BCUT2D eigenvalue weighted by molar-refractivity contribution is -0.384. The number of hydrogen-bond donors (Lipinski definition) is 1. The molecule has 17 heavy (non-hydrogen) atoms. The van der Waals surface area contributed by atoms with Crippen LogP contribution in [0.1, 0.15) is 18.4 Å². The van der Waals surface area contributed by atoms with Crippen molar-refractivity contribution in [1.82, 2.24) is 0 Å². The molecule has 1 atom stereocenters. The van der Waals surface area contributed by atoms with Crippen LogP contribution in [0.25, 0.3) is 0 Å². The summed E-state index contributed by atoms with van der Waals surface area (Å²) in [7, 11) is 0. The van der Waals surface area contributed by atoms with Crippen LogP contribution in [0.5, 0.6) is 0 Å². The van der Waals surface area contributed by atoms with Gasteiger partial charge in [-0.25, -0.2) is 0 Å². The monoisotopic (exact) mass is 235 g/mol. The van der Waals surface area contributed by atoms with Crippen molar-refractivity contribution in [2.75, 3.05) is 18.0 Å². The van der Waals surface area contributed by atoms with Gasteiger partial charge in [-0.3, -0.25) is 10.1 Å². The predicted molar refractivity (Wildman–Crippen MR) is 67.3 cm³/mol. The van der Waals surface area contributed by atoms with E-state index in [9.17, 15) is 10.1 Å². The first-order valence-electron chi connectivity index (χ1n) is 5.84. The Morgan fingerprint density at radius 1 is 1.53 bits per heavy atom. The van der Waals surface area contributed by atoms with E-state index in [0.29, 0.717) is 17.8 Å². The second kappa shape index (κ2) is 4.71. The van der Waals surface area contributed by atoms with Crippen molar-refractivity contribution in [1.29, 1.82) is 0 Å². The van der Waals surface area contributed by atoms with E-state index in [1.165, 1.54) is 0 Å². The molecule has 0 saturated carbocycles. The number of nitro groups is 1. The maximum Gasteiger partial charge on any atom is 0.295 e. The summed E-state index contributed by atoms with van der Waals surface area (Å²) in [4.78, 5) is 12.8. The lowest BCUT2D eigenvalue weighted by Gasteiger charge is -2.32. The first-order valence-corrected chi connectivity index (χ1v) is 5.84. The number of aryl methyl sites for hydroxylation is 1. The smallest absolute Gasteiger partial charge is 0.295 e. The minimum absolute atomic E-state index is 0.115. The molecule has 0 bridgehead atoms. The fourth-order valence-corrected chi connectivity index (χ4v) is 2.36. The van der Waals surface area contributed by atoms with Crippen molar-refractivity contribution in [3.63, 3.8) is 0 Å². The lowest BCUT2D eigenvalue weighted by Crippen LogP contribution is -2.43. The van der Waals surface area contributed by atoms with E-state index in [-0.39, 0.29) is 16.7 Å². The van der Waals surface area contributed by atoms with Gasteiger partial charge in [-0.05, 0) is 25.8 Å².